The number of halogens is 2. The molecule has 0 fully saturated rings. The SMILES string of the molecule is C[C@H](CS(C)(=O)=O)N(C)c1cnc2cc(Cl)c(Cl)cc2n1. The lowest BCUT2D eigenvalue weighted by Crippen LogP contribution is -2.35. The fourth-order valence-corrected chi connectivity index (χ4v) is 3.36. The minimum Gasteiger partial charge on any atom is -0.355 e. The van der Waals surface area contributed by atoms with E-state index < -0.39 is 9.84 Å². The Morgan fingerprint density at radius 3 is 2.38 bits per heavy atom. The van der Waals surface area contributed by atoms with E-state index in [4.69, 9.17) is 23.2 Å². The molecule has 0 aliphatic rings. The Kier molecular flexibility index (Phi) is 4.60. The van der Waals surface area contributed by atoms with E-state index in [0.717, 1.165) is 0 Å². The van der Waals surface area contributed by atoms with Crippen LogP contribution in [0.25, 0.3) is 11.0 Å². The van der Waals surface area contributed by atoms with Gasteiger partial charge in [0.1, 0.15) is 15.7 Å². The molecule has 1 atom stereocenters. The van der Waals surface area contributed by atoms with Gasteiger partial charge in [0.15, 0.2) is 0 Å². The summed E-state index contributed by atoms with van der Waals surface area (Å²) in [7, 11) is -1.28. The van der Waals surface area contributed by atoms with Crippen molar-refractivity contribution < 1.29 is 8.42 Å². The van der Waals surface area contributed by atoms with Crippen LogP contribution in [0.15, 0.2) is 18.3 Å². The molecule has 2 aromatic rings. The Morgan fingerprint density at radius 2 is 1.81 bits per heavy atom. The fraction of sp³-hybridized carbons (Fsp3) is 0.385. The predicted octanol–water partition coefficient (Wildman–Crippen LogP) is 2.81. The molecule has 8 heteroatoms. The highest BCUT2D eigenvalue weighted by atomic mass is 35.5. The van der Waals surface area contributed by atoms with Gasteiger partial charge < -0.3 is 4.90 Å². The summed E-state index contributed by atoms with van der Waals surface area (Å²) in [4.78, 5) is 10.5. The van der Waals surface area contributed by atoms with Crippen LogP contribution in [0.1, 0.15) is 6.92 Å². The molecule has 0 aliphatic carbocycles. The lowest BCUT2D eigenvalue weighted by Gasteiger charge is -2.25. The molecule has 1 aromatic heterocycles. The van der Waals surface area contributed by atoms with Gasteiger partial charge in [0, 0.05) is 19.3 Å². The lowest BCUT2D eigenvalue weighted by atomic mass is 10.3. The van der Waals surface area contributed by atoms with Gasteiger partial charge in [0.2, 0.25) is 0 Å². The molecular weight excluding hydrogens is 333 g/mol. The number of sulfone groups is 1. The summed E-state index contributed by atoms with van der Waals surface area (Å²) in [6.45, 7) is 1.82. The van der Waals surface area contributed by atoms with Crippen molar-refractivity contribution in [2.24, 2.45) is 0 Å². The molecule has 0 aliphatic heterocycles. The van der Waals surface area contributed by atoms with Gasteiger partial charge in [-0.2, -0.15) is 0 Å². The first-order valence-electron chi connectivity index (χ1n) is 6.20. The number of anilines is 1. The normalized spacial score (nSPS) is 13.4. The third kappa shape index (κ3) is 3.96. The number of hydrogen-bond acceptors (Lipinski definition) is 5. The van der Waals surface area contributed by atoms with Crippen molar-refractivity contribution in [1.82, 2.24) is 9.97 Å². The van der Waals surface area contributed by atoms with Crippen LogP contribution >= 0.6 is 23.2 Å². The van der Waals surface area contributed by atoms with Crippen LogP contribution in [-0.4, -0.2) is 43.5 Å². The number of nitrogens with zero attached hydrogens (tertiary/aromatic N) is 3. The van der Waals surface area contributed by atoms with E-state index in [0.29, 0.717) is 26.9 Å². The highest BCUT2D eigenvalue weighted by Crippen LogP contribution is 2.27. The molecule has 0 amide bonds. The quantitative estimate of drug-likeness (QED) is 0.850. The van der Waals surface area contributed by atoms with Gasteiger partial charge in [0.25, 0.3) is 0 Å². The zero-order valence-electron chi connectivity index (χ0n) is 11.8. The maximum Gasteiger partial charge on any atom is 0.149 e. The van der Waals surface area contributed by atoms with Crippen LogP contribution < -0.4 is 4.90 Å². The van der Waals surface area contributed by atoms with Gasteiger partial charge in [-0.3, -0.25) is 4.98 Å². The summed E-state index contributed by atoms with van der Waals surface area (Å²) in [5.41, 5.74) is 1.25. The summed E-state index contributed by atoms with van der Waals surface area (Å²) >= 11 is 11.9. The molecule has 0 radical (unpaired) electrons. The monoisotopic (exact) mass is 347 g/mol. The Balaban J connectivity index is 2.36. The highest BCUT2D eigenvalue weighted by molar-refractivity contribution is 7.90. The van der Waals surface area contributed by atoms with Crippen LogP contribution in [0.2, 0.25) is 10.0 Å². The Hall–Kier alpha value is -1.11. The van der Waals surface area contributed by atoms with Crippen LogP contribution in [0.5, 0.6) is 0 Å². The third-order valence-corrected chi connectivity index (χ3v) is 4.95. The van der Waals surface area contributed by atoms with Crippen molar-refractivity contribution in [3.05, 3.63) is 28.4 Å². The number of rotatable bonds is 4. The summed E-state index contributed by atoms with van der Waals surface area (Å²) in [5.74, 6) is 0.627. The van der Waals surface area contributed by atoms with Crippen LogP contribution in [0.3, 0.4) is 0 Å². The van der Waals surface area contributed by atoms with Gasteiger partial charge in [-0.05, 0) is 19.1 Å². The molecule has 0 saturated heterocycles. The van der Waals surface area contributed by atoms with E-state index in [1.54, 1.807) is 30.3 Å². The van der Waals surface area contributed by atoms with Crippen molar-refractivity contribution in [3.8, 4) is 0 Å². The largest absolute Gasteiger partial charge is 0.355 e. The minimum atomic E-state index is -3.06. The fourth-order valence-electron chi connectivity index (χ4n) is 1.94. The molecule has 1 aromatic carbocycles. The molecule has 0 N–H and O–H groups in total. The maximum absolute atomic E-state index is 11.4. The average Bonchev–Trinajstić information content (AvgIpc) is 2.36. The zero-order valence-corrected chi connectivity index (χ0v) is 14.2. The van der Waals surface area contributed by atoms with Crippen LogP contribution in [0, 0.1) is 0 Å². The Morgan fingerprint density at radius 1 is 1.24 bits per heavy atom. The number of benzene rings is 1. The van der Waals surface area contributed by atoms with E-state index in [9.17, 15) is 8.42 Å². The predicted molar refractivity (Wildman–Crippen MR) is 87.1 cm³/mol. The van der Waals surface area contributed by atoms with Gasteiger partial charge in [-0.25, -0.2) is 13.4 Å². The molecular formula is C13H15Cl2N3O2S. The van der Waals surface area contributed by atoms with E-state index in [1.165, 1.54) is 6.26 Å². The van der Waals surface area contributed by atoms with Crippen molar-refractivity contribution in [3.63, 3.8) is 0 Å². The van der Waals surface area contributed by atoms with Crippen LogP contribution in [-0.2, 0) is 9.84 Å². The van der Waals surface area contributed by atoms with Gasteiger partial charge >= 0.3 is 0 Å². The van der Waals surface area contributed by atoms with E-state index >= 15 is 0 Å². The molecule has 2 rings (SSSR count). The number of fused-ring (bicyclic) bond motifs is 1. The zero-order chi connectivity index (χ0) is 15.8. The van der Waals surface area contributed by atoms with Crippen molar-refractivity contribution in [1.29, 1.82) is 0 Å². The van der Waals surface area contributed by atoms with E-state index in [2.05, 4.69) is 9.97 Å². The second-order valence-corrected chi connectivity index (χ2v) is 8.03. The van der Waals surface area contributed by atoms with Gasteiger partial charge in [-0.15, -0.1) is 0 Å². The van der Waals surface area contributed by atoms with E-state index in [-0.39, 0.29) is 11.8 Å². The Labute approximate surface area is 133 Å². The standard InChI is InChI=1S/C13H15Cl2N3O2S/c1-8(7-21(3,19)20)18(2)13-6-16-11-4-9(14)10(15)5-12(11)17-13/h4-6,8H,7H2,1-3H3/t8-/m1/s1. The Bertz CT molecular complexity index is 780. The molecule has 21 heavy (non-hydrogen) atoms. The first kappa shape index (κ1) is 16.3. The first-order chi connectivity index (χ1) is 9.67. The molecule has 0 unspecified atom stereocenters. The van der Waals surface area contributed by atoms with Crippen LogP contribution in [0.4, 0.5) is 5.82 Å². The minimum absolute atomic E-state index is 0.0462. The molecule has 0 spiro atoms. The summed E-state index contributed by atoms with van der Waals surface area (Å²) in [6.07, 6.45) is 2.80. The highest BCUT2D eigenvalue weighted by Gasteiger charge is 2.17. The van der Waals surface area contributed by atoms with Gasteiger partial charge in [-0.1, -0.05) is 23.2 Å². The smallest absolute Gasteiger partial charge is 0.149 e. The van der Waals surface area contributed by atoms with E-state index in [1.807, 2.05) is 6.92 Å². The second-order valence-electron chi connectivity index (χ2n) is 5.04. The second kappa shape index (κ2) is 5.94. The average molecular weight is 348 g/mol. The van der Waals surface area contributed by atoms with Crippen molar-refractivity contribution >= 4 is 49.9 Å². The summed E-state index contributed by atoms with van der Waals surface area (Å²) in [6, 6.07) is 3.08. The maximum atomic E-state index is 11.4. The van der Waals surface area contributed by atoms with Crippen molar-refractivity contribution in [2.45, 2.75) is 13.0 Å². The number of aromatic nitrogens is 2. The molecule has 0 bridgehead atoms. The summed E-state index contributed by atoms with van der Waals surface area (Å²) < 4.78 is 22.8. The third-order valence-electron chi connectivity index (χ3n) is 3.14. The number of hydrogen-bond donors (Lipinski definition) is 0. The molecule has 0 saturated carbocycles. The summed E-state index contributed by atoms with van der Waals surface area (Å²) in [5, 5.41) is 0.826. The topological polar surface area (TPSA) is 63.2 Å². The molecule has 5 nitrogen and oxygen atoms in total. The van der Waals surface area contributed by atoms with Crippen molar-refractivity contribution in [2.75, 3.05) is 24.0 Å². The lowest BCUT2D eigenvalue weighted by molar-refractivity contribution is 0.592. The van der Waals surface area contributed by atoms with Gasteiger partial charge in [0.05, 0.1) is 33.0 Å². The molecule has 114 valence electrons. The first-order valence-corrected chi connectivity index (χ1v) is 9.01. The molecule has 1 heterocycles.